The minimum atomic E-state index is -4.52. The lowest BCUT2D eigenvalue weighted by atomic mass is 10.2. The van der Waals surface area contributed by atoms with E-state index in [-0.39, 0.29) is 13.1 Å². The molecule has 1 aliphatic heterocycles. The van der Waals surface area contributed by atoms with Crippen molar-refractivity contribution in [2.45, 2.75) is 18.8 Å². The maximum absolute atomic E-state index is 13.2. The molecule has 1 aliphatic rings. The van der Waals surface area contributed by atoms with E-state index < -0.39 is 47.4 Å². The molecule has 0 aromatic carbocycles. The van der Waals surface area contributed by atoms with Gasteiger partial charge in [-0.3, -0.25) is 29.2 Å². The summed E-state index contributed by atoms with van der Waals surface area (Å²) in [6.45, 7) is -0.0271. The summed E-state index contributed by atoms with van der Waals surface area (Å²) in [6.07, 6.45) is -3.65. The largest absolute Gasteiger partial charge is 0.405 e. The van der Waals surface area contributed by atoms with Gasteiger partial charge in [0.1, 0.15) is 12.6 Å². The molecule has 0 radical (unpaired) electrons. The fourth-order valence-electron chi connectivity index (χ4n) is 2.62. The third-order valence-electron chi connectivity index (χ3n) is 3.96. The first kappa shape index (κ1) is 19.8. The van der Waals surface area contributed by atoms with Crippen LogP contribution in [0.3, 0.4) is 0 Å². The van der Waals surface area contributed by atoms with E-state index >= 15 is 0 Å². The highest BCUT2D eigenvalue weighted by Gasteiger charge is 2.43. The van der Waals surface area contributed by atoms with Crippen molar-refractivity contribution in [1.29, 1.82) is 0 Å². The molecule has 0 bridgehead atoms. The number of aromatic nitrogens is 1. The Morgan fingerprint density at radius 3 is 2.58 bits per heavy atom. The van der Waals surface area contributed by atoms with Crippen LogP contribution in [0.5, 0.6) is 0 Å². The monoisotopic (exact) mass is 377 g/mol. The smallest absolute Gasteiger partial charge is 0.353 e. The Morgan fingerprint density at radius 1 is 1.35 bits per heavy atom. The zero-order chi connectivity index (χ0) is 19.3. The molecule has 1 atom stereocenters. The lowest BCUT2D eigenvalue weighted by Crippen LogP contribution is -2.57. The quantitative estimate of drug-likeness (QED) is 0.521. The molecule has 1 saturated heterocycles. The van der Waals surface area contributed by atoms with E-state index in [1.807, 2.05) is 0 Å². The standard InChI is InChI=1S/C14H18F3N5O4/c15-14(16,17)11(20-5-3-18-4-6-20)7-19-12(23)9-21-8-10(22(25)26)1-2-13(21)24/h1-2,8,11,18H,3-7,9H2,(H,19,23). The van der Waals surface area contributed by atoms with Crippen molar-refractivity contribution in [3.63, 3.8) is 0 Å². The molecule has 1 amide bonds. The van der Waals surface area contributed by atoms with Gasteiger partial charge in [-0.15, -0.1) is 0 Å². The van der Waals surface area contributed by atoms with Crippen molar-refractivity contribution >= 4 is 11.6 Å². The van der Waals surface area contributed by atoms with Gasteiger partial charge in [-0.25, -0.2) is 0 Å². The zero-order valence-corrected chi connectivity index (χ0v) is 13.7. The number of halogens is 3. The zero-order valence-electron chi connectivity index (χ0n) is 13.7. The molecule has 2 rings (SSSR count). The number of carbonyl (C=O) groups excluding carboxylic acids is 1. The van der Waals surface area contributed by atoms with Gasteiger partial charge < -0.3 is 10.6 Å². The number of carbonyl (C=O) groups is 1. The van der Waals surface area contributed by atoms with Gasteiger partial charge in [0.05, 0.1) is 11.1 Å². The van der Waals surface area contributed by atoms with Crippen LogP contribution in [-0.4, -0.2) is 65.2 Å². The Balaban J connectivity index is 2.01. The number of pyridine rings is 1. The first-order valence-electron chi connectivity index (χ1n) is 7.81. The van der Waals surface area contributed by atoms with Crippen LogP contribution < -0.4 is 16.2 Å². The molecule has 0 spiro atoms. The topological polar surface area (TPSA) is 110 Å². The Hall–Kier alpha value is -2.47. The van der Waals surface area contributed by atoms with Crippen LogP contribution in [0.1, 0.15) is 0 Å². The average Bonchev–Trinajstić information content (AvgIpc) is 2.56. The van der Waals surface area contributed by atoms with E-state index in [2.05, 4.69) is 10.6 Å². The van der Waals surface area contributed by atoms with Crippen LogP contribution in [0.2, 0.25) is 0 Å². The summed E-state index contributed by atoms with van der Waals surface area (Å²) in [5, 5.41) is 15.8. The average molecular weight is 377 g/mol. The van der Waals surface area contributed by atoms with Crippen LogP contribution >= 0.6 is 0 Å². The summed E-state index contributed by atoms with van der Waals surface area (Å²) in [7, 11) is 0. The fraction of sp³-hybridized carbons (Fsp3) is 0.571. The number of nitro groups is 1. The molecular weight excluding hydrogens is 359 g/mol. The fourth-order valence-corrected chi connectivity index (χ4v) is 2.62. The molecular formula is C14H18F3N5O4. The molecule has 1 unspecified atom stereocenters. The number of alkyl halides is 3. The highest BCUT2D eigenvalue weighted by atomic mass is 19.4. The molecule has 1 fully saturated rings. The molecule has 2 heterocycles. The van der Waals surface area contributed by atoms with Crippen LogP contribution in [0.15, 0.2) is 23.1 Å². The molecule has 26 heavy (non-hydrogen) atoms. The van der Waals surface area contributed by atoms with E-state index in [0.717, 1.165) is 22.9 Å². The second-order valence-corrected chi connectivity index (χ2v) is 5.76. The van der Waals surface area contributed by atoms with Gasteiger partial charge in [0.25, 0.3) is 11.2 Å². The second-order valence-electron chi connectivity index (χ2n) is 5.76. The number of amides is 1. The van der Waals surface area contributed by atoms with Gasteiger partial charge in [0.15, 0.2) is 0 Å². The predicted molar refractivity (Wildman–Crippen MR) is 84.7 cm³/mol. The molecule has 0 aliphatic carbocycles. The lowest BCUT2D eigenvalue weighted by Gasteiger charge is -2.35. The number of piperazine rings is 1. The first-order chi connectivity index (χ1) is 12.2. The Kier molecular flexibility index (Phi) is 6.32. The van der Waals surface area contributed by atoms with Gasteiger partial charge in [-0.05, 0) is 0 Å². The summed E-state index contributed by atoms with van der Waals surface area (Å²) in [5.74, 6) is -0.836. The van der Waals surface area contributed by atoms with Crippen molar-refractivity contribution < 1.29 is 22.9 Å². The van der Waals surface area contributed by atoms with Crippen LogP contribution in [-0.2, 0) is 11.3 Å². The van der Waals surface area contributed by atoms with Crippen LogP contribution in [0, 0.1) is 10.1 Å². The molecule has 12 heteroatoms. The summed E-state index contributed by atoms with van der Waals surface area (Å²) < 4.78 is 40.5. The second kappa shape index (κ2) is 8.27. The molecule has 144 valence electrons. The summed E-state index contributed by atoms with van der Waals surface area (Å²) >= 11 is 0. The van der Waals surface area contributed by atoms with Crippen molar-refractivity contribution in [2.24, 2.45) is 0 Å². The van der Waals surface area contributed by atoms with Gasteiger partial charge in [0.2, 0.25) is 5.91 Å². The van der Waals surface area contributed by atoms with E-state index in [0.29, 0.717) is 13.1 Å². The lowest BCUT2D eigenvalue weighted by molar-refractivity contribution is -0.385. The van der Waals surface area contributed by atoms with Gasteiger partial charge >= 0.3 is 6.18 Å². The third-order valence-corrected chi connectivity index (χ3v) is 3.96. The molecule has 2 N–H and O–H groups in total. The highest BCUT2D eigenvalue weighted by molar-refractivity contribution is 5.75. The third kappa shape index (κ3) is 5.26. The highest BCUT2D eigenvalue weighted by Crippen LogP contribution is 2.24. The van der Waals surface area contributed by atoms with E-state index in [1.165, 1.54) is 4.90 Å². The Bertz CT molecular complexity index is 715. The summed E-state index contributed by atoms with van der Waals surface area (Å²) in [4.78, 5) is 34.8. The Morgan fingerprint density at radius 2 is 2.00 bits per heavy atom. The molecule has 1 aromatic heterocycles. The van der Waals surface area contributed by atoms with Gasteiger partial charge in [-0.2, -0.15) is 13.2 Å². The maximum Gasteiger partial charge on any atom is 0.405 e. The number of nitrogens with one attached hydrogen (secondary N) is 2. The van der Waals surface area contributed by atoms with E-state index in [1.54, 1.807) is 0 Å². The van der Waals surface area contributed by atoms with Crippen LogP contribution in [0.25, 0.3) is 0 Å². The van der Waals surface area contributed by atoms with Crippen LogP contribution in [0.4, 0.5) is 18.9 Å². The first-order valence-corrected chi connectivity index (χ1v) is 7.81. The van der Waals surface area contributed by atoms with Gasteiger partial charge in [0, 0.05) is 44.9 Å². The Labute approximate surface area is 145 Å². The summed E-state index contributed by atoms with van der Waals surface area (Å²) in [6, 6.07) is 0.0706. The predicted octanol–water partition coefficient (Wildman–Crippen LogP) is -0.291. The van der Waals surface area contributed by atoms with Crippen molar-refractivity contribution in [3.05, 3.63) is 38.8 Å². The van der Waals surface area contributed by atoms with E-state index in [9.17, 15) is 32.9 Å². The minimum Gasteiger partial charge on any atom is -0.353 e. The maximum atomic E-state index is 13.2. The summed E-state index contributed by atoms with van der Waals surface area (Å²) in [5.41, 5.74) is -1.06. The molecule has 1 aromatic rings. The normalized spacial score (nSPS) is 16.9. The van der Waals surface area contributed by atoms with Crippen molar-refractivity contribution in [3.8, 4) is 0 Å². The number of hydrogen-bond donors (Lipinski definition) is 2. The number of rotatable bonds is 6. The van der Waals surface area contributed by atoms with E-state index in [4.69, 9.17) is 0 Å². The van der Waals surface area contributed by atoms with Crippen molar-refractivity contribution in [2.75, 3.05) is 32.7 Å². The minimum absolute atomic E-state index is 0.199. The number of nitrogens with zero attached hydrogens (tertiary/aromatic N) is 3. The number of hydrogen-bond acceptors (Lipinski definition) is 6. The SMILES string of the molecule is O=C(Cn1cc([N+](=O)[O-])ccc1=O)NCC(N1CCNCC1)C(F)(F)F. The van der Waals surface area contributed by atoms with Crippen molar-refractivity contribution in [1.82, 2.24) is 20.1 Å². The van der Waals surface area contributed by atoms with Gasteiger partial charge in [-0.1, -0.05) is 0 Å². The molecule has 9 nitrogen and oxygen atoms in total. The molecule has 0 saturated carbocycles.